The van der Waals surface area contributed by atoms with Crippen molar-refractivity contribution in [3.8, 4) is 18.2 Å². The van der Waals surface area contributed by atoms with Crippen LogP contribution in [-0.4, -0.2) is 0 Å². The maximum atomic E-state index is 9.45. The highest BCUT2D eigenvalue weighted by atomic mass is 14.6. The van der Waals surface area contributed by atoms with Gasteiger partial charge in [-0.15, -0.1) is 0 Å². The summed E-state index contributed by atoms with van der Waals surface area (Å²) in [4.78, 5) is 0. The Kier molecular flexibility index (Phi) is 2.74. The van der Waals surface area contributed by atoms with Crippen molar-refractivity contribution in [2.45, 2.75) is 40.5 Å². The third-order valence-electron chi connectivity index (χ3n) is 4.93. The maximum Gasteiger partial charge on any atom is 0.162 e. The first-order valence-electron chi connectivity index (χ1n) is 5.55. The van der Waals surface area contributed by atoms with Gasteiger partial charge in [0.15, 0.2) is 5.41 Å². The molecule has 3 heteroatoms. The summed E-state index contributed by atoms with van der Waals surface area (Å²) < 4.78 is 0. The maximum absolute atomic E-state index is 9.45. The minimum Gasteiger partial charge on any atom is -0.198 e. The smallest absolute Gasteiger partial charge is 0.162 e. The lowest BCUT2D eigenvalue weighted by molar-refractivity contribution is -0.0326. The molecule has 0 N–H and O–H groups in total. The second kappa shape index (κ2) is 3.50. The third-order valence-corrected chi connectivity index (χ3v) is 4.93. The first-order chi connectivity index (χ1) is 7.31. The molecule has 2 atom stereocenters. The molecule has 1 saturated carbocycles. The molecule has 0 bridgehead atoms. The Morgan fingerprint density at radius 2 is 1.50 bits per heavy atom. The van der Waals surface area contributed by atoms with Crippen LogP contribution in [-0.2, 0) is 0 Å². The molecule has 0 heterocycles. The summed E-state index contributed by atoms with van der Waals surface area (Å²) in [5.74, 6) is 0.340. The number of hydrogen-bond donors (Lipinski definition) is 0. The lowest BCUT2D eigenvalue weighted by Gasteiger charge is -2.53. The van der Waals surface area contributed by atoms with Gasteiger partial charge >= 0.3 is 0 Å². The van der Waals surface area contributed by atoms with Crippen LogP contribution in [0.5, 0.6) is 0 Å². The molecule has 0 aliphatic heterocycles. The monoisotopic (exact) mass is 215 g/mol. The fraction of sp³-hybridized carbons (Fsp3) is 0.769. The molecule has 0 spiro atoms. The van der Waals surface area contributed by atoms with E-state index in [1.54, 1.807) is 6.92 Å². The molecule has 1 fully saturated rings. The minimum absolute atomic E-state index is 0.328. The van der Waals surface area contributed by atoms with Gasteiger partial charge in [0.25, 0.3) is 0 Å². The van der Waals surface area contributed by atoms with Crippen molar-refractivity contribution < 1.29 is 0 Å². The molecular formula is C13H17N3. The Labute approximate surface area is 97.3 Å². The standard InChI is InChI=1S/C13H17N3/c1-10-5-6-13(8-15,9-16)12(4,7-14)11(10,2)3/h10H,5-6H2,1-4H3. The average molecular weight is 215 g/mol. The van der Waals surface area contributed by atoms with Gasteiger partial charge in [0.2, 0.25) is 0 Å². The van der Waals surface area contributed by atoms with Crippen LogP contribution in [0.25, 0.3) is 0 Å². The van der Waals surface area contributed by atoms with E-state index >= 15 is 0 Å². The summed E-state index contributed by atoms with van der Waals surface area (Å²) in [6.45, 7) is 7.83. The molecule has 0 aromatic rings. The van der Waals surface area contributed by atoms with Crippen molar-refractivity contribution in [1.29, 1.82) is 15.8 Å². The van der Waals surface area contributed by atoms with Gasteiger partial charge in [0, 0.05) is 0 Å². The van der Waals surface area contributed by atoms with Crippen LogP contribution >= 0.6 is 0 Å². The predicted molar refractivity (Wildman–Crippen MR) is 59.6 cm³/mol. The first-order valence-corrected chi connectivity index (χ1v) is 5.55. The quantitative estimate of drug-likeness (QED) is 0.623. The van der Waals surface area contributed by atoms with Gasteiger partial charge in [-0.25, -0.2) is 0 Å². The first kappa shape index (κ1) is 12.5. The molecule has 3 nitrogen and oxygen atoms in total. The minimum atomic E-state index is -1.17. The van der Waals surface area contributed by atoms with Crippen LogP contribution in [0.4, 0.5) is 0 Å². The summed E-state index contributed by atoms with van der Waals surface area (Å²) >= 11 is 0. The summed E-state index contributed by atoms with van der Waals surface area (Å²) in [5.41, 5.74) is -2.41. The van der Waals surface area contributed by atoms with Gasteiger partial charge < -0.3 is 0 Å². The van der Waals surface area contributed by atoms with E-state index in [0.717, 1.165) is 6.42 Å². The molecule has 0 aromatic carbocycles. The molecule has 1 aliphatic rings. The van der Waals surface area contributed by atoms with E-state index < -0.39 is 10.8 Å². The van der Waals surface area contributed by atoms with Gasteiger partial charge in [-0.1, -0.05) is 20.8 Å². The normalized spacial score (nSPS) is 35.4. The molecule has 84 valence electrons. The fourth-order valence-corrected chi connectivity index (χ4v) is 2.69. The van der Waals surface area contributed by atoms with Crippen molar-refractivity contribution in [3.63, 3.8) is 0 Å². The summed E-state index contributed by atoms with van der Waals surface area (Å²) in [6, 6.07) is 6.45. The molecule has 0 saturated heterocycles. The van der Waals surface area contributed by atoms with E-state index in [1.807, 2.05) is 13.8 Å². The summed E-state index contributed by atoms with van der Waals surface area (Å²) in [7, 11) is 0. The second-order valence-electron chi connectivity index (χ2n) is 5.53. The van der Waals surface area contributed by atoms with Gasteiger partial charge in [-0.2, -0.15) is 15.8 Å². The third kappa shape index (κ3) is 1.17. The molecule has 16 heavy (non-hydrogen) atoms. The number of nitriles is 3. The van der Waals surface area contributed by atoms with Crippen molar-refractivity contribution in [2.75, 3.05) is 0 Å². The molecule has 0 aromatic heterocycles. The molecule has 1 rings (SSSR count). The molecule has 1 aliphatic carbocycles. The largest absolute Gasteiger partial charge is 0.198 e. The van der Waals surface area contributed by atoms with E-state index in [0.29, 0.717) is 12.3 Å². The van der Waals surface area contributed by atoms with Crippen LogP contribution < -0.4 is 0 Å². The Hall–Kier alpha value is -1.53. The van der Waals surface area contributed by atoms with Crippen molar-refractivity contribution in [2.24, 2.45) is 22.2 Å². The number of nitrogens with zero attached hydrogens (tertiary/aromatic N) is 3. The lowest BCUT2D eigenvalue weighted by atomic mass is 9.45. The Bertz CT molecular complexity index is 402. The fourth-order valence-electron chi connectivity index (χ4n) is 2.69. The Morgan fingerprint density at radius 3 is 1.88 bits per heavy atom. The Balaban J connectivity index is 3.46. The Morgan fingerprint density at radius 1 is 1.00 bits per heavy atom. The van der Waals surface area contributed by atoms with Crippen molar-refractivity contribution in [1.82, 2.24) is 0 Å². The van der Waals surface area contributed by atoms with Crippen molar-refractivity contribution in [3.05, 3.63) is 0 Å². The highest BCUT2D eigenvalue weighted by Crippen LogP contribution is 2.61. The zero-order chi connectivity index (χ0) is 12.6. The number of hydrogen-bond acceptors (Lipinski definition) is 3. The van der Waals surface area contributed by atoms with Crippen LogP contribution in [0, 0.1) is 56.2 Å². The topological polar surface area (TPSA) is 71.4 Å². The summed E-state index contributed by atoms with van der Waals surface area (Å²) in [5, 5.41) is 28.1. The average Bonchev–Trinajstić information content (AvgIpc) is 2.28. The van der Waals surface area contributed by atoms with Crippen LogP contribution in [0.2, 0.25) is 0 Å². The lowest BCUT2D eigenvalue weighted by Crippen LogP contribution is -2.54. The molecule has 0 amide bonds. The predicted octanol–water partition coefficient (Wildman–Crippen LogP) is 3.01. The van der Waals surface area contributed by atoms with Crippen LogP contribution in [0.3, 0.4) is 0 Å². The zero-order valence-corrected chi connectivity index (χ0v) is 10.3. The molecule has 2 unspecified atom stereocenters. The van der Waals surface area contributed by atoms with E-state index in [9.17, 15) is 15.8 Å². The van der Waals surface area contributed by atoms with Crippen LogP contribution in [0.1, 0.15) is 40.5 Å². The highest BCUT2D eigenvalue weighted by molar-refractivity contribution is 5.31. The summed E-state index contributed by atoms with van der Waals surface area (Å²) in [6.07, 6.45) is 1.32. The number of rotatable bonds is 0. The van der Waals surface area contributed by atoms with E-state index in [-0.39, 0.29) is 5.41 Å². The van der Waals surface area contributed by atoms with Crippen LogP contribution in [0.15, 0.2) is 0 Å². The van der Waals surface area contributed by atoms with E-state index in [2.05, 4.69) is 25.1 Å². The van der Waals surface area contributed by atoms with E-state index in [4.69, 9.17) is 0 Å². The van der Waals surface area contributed by atoms with E-state index in [1.165, 1.54) is 0 Å². The van der Waals surface area contributed by atoms with Gasteiger partial charge in [-0.05, 0) is 31.1 Å². The van der Waals surface area contributed by atoms with Crippen molar-refractivity contribution >= 4 is 0 Å². The van der Waals surface area contributed by atoms with Gasteiger partial charge in [-0.3, -0.25) is 0 Å². The van der Waals surface area contributed by atoms with Gasteiger partial charge in [0.05, 0.1) is 23.6 Å². The SMILES string of the molecule is CC1CCC(C#N)(C#N)C(C)(C#N)C1(C)C. The molecular weight excluding hydrogens is 198 g/mol. The van der Waals surface area contributed by atoms with Gasteiger partial charge in [0.1, 0.15) is 0 Å². The molecule has 0 radical (unpaired) electrons. The second-order valence-corrected chi connectivity index (χ2v) is 5.53. The zero-order valence-electron chi connectivity index (χ0n) is 10.3. The highest BCUT2D eigenvalue weighted by Gasteiger charge is 2.62.